The molecule has 2 heterocycles. The summed E-state index contributed by atoms with van der Waals surface area (Å²) in [6, 6.07) is 13.3. The standard InChI is InChI=1S/C28H29F2N3O6S/c29-27(30)9-7-26(8-10-27,25(35)33-28(31)11-12-28)32-24(34)23-14-19-2-1-18(13-22(19)39-23)17-3-5-20(6-4-17)40(36,37)21-15-38-16-21/h1-6,13-14,21H,7-12,15-16,31H2,(H,32,34)(H,33,35). The van der Waals surface area contributed by atoms with Gasteiger partial charge in [0, 0.05) is 18.2 Å². The van der Waals surface area contributed by atoms with Gasteiger partial charge < -0.3 is 25.5 Å². The molecule has 0 radical (unpaired) electrons. The van der Waals surface area contributed by atoms with Gasteiger partial charge in [0.15, 0.2) is 15.6 Å². The lowest BCUT2D eigenvalue weighted by Crippen LogP contribution is -2.64. The highest BCUT2D eigenvalue weighted by Gasteiger charge is 2.52. The van der Waals surface area contributed by atoms with E-state index in [4.69, 9.17) is 14.9 Å². The molecule has 1 aliphatic heterocycles. The Kier molecular flexibility index (Phi) is 6.28. The van der Waals surface area contributed by atoms with Crippen LogP contribution in [0.4, 0.5) is 8.78 Å². The third kappa shape index (κ3) is 4.99. The predicted octanol–water partition coefficient (Wildman–Crippen LogP) is 3.52. The van der Waals surface area contributed by atoms with Crippen molar-refractivity contribution in [1.29, 1.82) is 0 Å². The predicted molar refractivity (Wildman–Crippen MR) is 141 cm³/mol. The summed E-state index contributed by atoms with van der Waals surface area (Å²) in [5.74, 6) is -4.22. The molecule has 40 heavy (non-hydrogen) atoms. The van der Waals surface area contributed by atoms with Crippen LogP contribution in [0.5, 0.6) is 0 Å². The quantitative estimate of drug-likeness (QED) is 0.368. The Hall–Kier alpha value is -3.35. The maximum Gasteiger partial charge on any atom is 0.287 e. The highest BCUT2D eigenvalue weighted by atomic mass is 32.2. The zero-order chi connectivity index (χ0) is 28.3. The van der Waals surface area contributed by atoms with E-state index in [0.717, 1.165) is 11.1 Å². The van der Waals surface area contributed by atoms with Crippen LogP contribution in [-0.2, 0) is 19.4 Å². The Morgan fingerprint density at radius 2 is 1.52 bits per heavy atom. The molecule has 3 aromatic rings. The molecule has 4 N–H and O–H groups in total. The van der Waals surface area contributed by atoms with Crippen LogP contribution >= 0.6 is 0 Å². The van der Waals surface area contributed by atoms with Crippen molar-refractivity contribution < 1.29 is 35.9 Å². The van der Waals surface area contributed by atoms with Gasteiger partial charge in [0.05, 0.1) is 23.8 Å². The van der Waals surface area contributed by atoms with Gasteiger partial charge in [-0.15, -0.1) is 0 Å². The molecule has 9 nitrogen and oxygen atoms in total. The summed E-state index contributed by atoms with van der Waals surface area (Å²) in [5, 5.41) is 5.50. The molecule has 2 amide bonds. The summed E-state index contributed by atoms with van der Waals surface area (Å²) in [6.45, 7) is 0.391. The van der Waals surface area contributed by atoms with Crippen molar-refractivity contribution in [3.63, 3.8) is 0 Å². The van der Waals surface area contributed by atoms with Crippen LogP contribution in [0, 0.1) is 0 Å². The number of nitrogens with one attached hydrogen (secondary N) is 2. The van der Waals surface area contributed by atoms with Gasteiger partial charge in [-0.3, -0.25) is 9.59 Å². The minimum absolute atomic E-state index is 0.0605. The fourth-order valence-electron chi connectivity index (χ4n) is 5.08. The first-order chi connectivity index (χ1) is 18.9. The molecule has 0 bridgehead atoms. The van der Waals surface area contributed by atoms with Crippen molar-refractivity contribution in [1.82, 2.24) is 10.6 Å². The highest BCUT2D eigenvalue weighted by molar-refractivity contribution is 7.92. The minimum atomic E-state index is -3.44. The van der Waals surface area contributed by atoms with Crippen LogP contribution in [0.2, 0.25) is 0 Å². The molecule has 1 saturated heterocycles. The van der Waals surface area contributed by atoms with Gasteiger partial charge in [0.1, 0.15) is 16.4 Å². The second-order valence-corrected chi connectivity index (χ2v) is 13.3. The lowest BCUT2D eigenvalue weighted by Gasteiger charge is -2.39. The fourth-order valence-corrected chi connectivity index (χ4v) is 6.53. The minimum Gasteiger partial charge on any atom is -0.451 e. The molecule has 3 fully saturated rings. The van der Waals surface area contributed by atoms with E-state index in [0.29, 0.717) is 23.8 Å². The number of sulfone groups is 1. The summed E-state index contributed by atoms with van der Waals surface area (Å²) in [6.07, 6.45) is -0.348. The number of nitrogens with two attached hydrogens (primary N) is 1. The molecule has 2 saturated carbocycles. The molecule has 0 unspecified atom stereocenters. The van der Waals surface area contributed by atoms with E-state index in [2.05, 4.69) is 10.6 Å². The second kappa shape index (κ2) is 9.35. The molecule has 1 aromatic heterocycles. The van der Waals surface area contributed by atoms with Crippen molar-refractivity contribution in [2.24, 2.45) is 5.73 Å². The van der Waals surface area contributed by atoms with E-state index >= 15 is 0 Å². The van der Waals surface area contributed by atoms with E-state index in [1.165, 1.54) is 6.07 Å². The van der Waals surface area contributed by atoms with E-state index < -0.39 is 56.9 Å². The maximum absolute atomic E-state index is 14.0. The van der Waals surface area contributed by atoms with Gasteiger partial charge in [0.2, 0.25) is 11.8 Å². The zero-order valence-electron chi connectivity index (χ0n) is 21.5. The average molecular weight is 574 g/mol. The summed E-state index contributed by atoms with van der Waals surface area (Å²) < 4.78 is 64.0. The third-order valence-electron chi connectivity index (χ3n) is 8.08. The van der Waals surface area contributed by atoms with Gasteiger partial charge in [-0.2, -0.15) is 0 Å². The number of furan rings is 1. The van der Waals surface area contributed by atoms with Crippen LogP contribution in [0.25, 0.3) is 22.1 Å². The largest absolute Gasteiger partial charge is 0.451 e. The molecular formula is C28H29F2N3O6S. The van der Waals surface area contributed by atoms with E-state index in [1.807, 2.05) is 6.07 Å². The Bertz CT molecular complexity index is 1580. The fraction of sp³-hybridized carbons (Fsp3) is 0.429. The molecule has 0 atom stereocenters. The molecule has 0 spiro atoms. The van der Waals surface area contributed by atoms with Gasteiger partial charge >= 0.3 is 0 Å². The van der Waals surface area contributed by atoms with Gasteiger partial charge in [-0.1, -0.05) is 24.3 Å². The molecule has 2 aliphatic carbocycles. The van der Waals surface area contributed by atoms with Crippen LogP contribution < -0.4 is 16.4 Å². The number of fused-ring (bicyclic) bond motifs is 1. The van der Waals surface area contributed by atoms with Gasteiger partial charge in [-0.05, 0) is 61.1 Å². The number of carbonyl (C=O) groups excluding carboxylic acids is 2. The Morgan fingerprint density at radius 3 is 2.12 bits per heavy atom. The maximum atomic E-state index is 14.0. The molecule has 2 aromatic carbocycles. The van der Waals surface area contributed by atoms with Crippen LogP contribution in [0.3, 0.4) is 0 Å². The van der Waals surface area contributed by atoms with Crippen molar-refractivity contribution in [2.75, 3.05) is 13.2 Å². The summed E-state index contributed by atoms with van der Waals surface area (Å²) >= 11 is 0. The number of amides is 2. The topological polar surface area (TPSA) is 141 Å². The lowest BCUT2D eigenvalue weighted by molar-refractivity contribution is -0.134. The summed E-state index contributed by atoms with van der Waals surface area (Å²) in [7, 11) is -3.44. The molecule has 3 aliphatic rings. The second-order valence-electron chi connectivity index (χ2n) is 11.1. The van der Waals surface area contributed by atoms with E-state index in [-0.39, 0.29) is 36.7 Å². The number of benzene rings is 2. The van der Waals surface area contributed by atoms with Crippen LogP contribution in [-0.4, -0.2) is 55.8 Å². The van der Waals surface area contributed by atoms with Crippen molar-refractivity contribution in [2.45, 2.75) is 65.8 Å². The monoisotopic (exact) mass is 573 g/mol. The first kappa shape index (κ1) is 26.9. The highest BCUT2D eigenvalue weighted by Crippen LogP contribution is 2.40. The number of rotatable bonds is 7. The van der Waals surface area contributed by atoms with Crippen LogP contribution in [0.15, 0.2) is 57.8 Å². The van der Waals surface area contributed by atoms with Crippen molar-refractivity contribution in [3.8, 4) is 11.1 Å². The SMILES string of the molecule is NC1(NC(=O)C2(NC(=O)c3cc4ccc(-c5ccc(S(=O)(=O)C6COC6)cc5)cc4o3)CCC(F)(F)CC2)CC1. The van der Waals surface area contributed by atoms with E-state index in [9.17, 15) is 26.8 Å². The number of hydrogen-bond acceptors (Lipinski definition) is 7. The first-order valence-electron chi connectivity index (χ1n) is 13.2. The van der Waals surface area contributed by atoms with Crippen molar-refractivity contribution >= 4 is 32.6 Å². The molecule has 212 valence electrons. The van der Waals surface area contributed by atoms with Gasteiger partial charge in [0.25, 0.3) is 5.91 Å². The Morgan fingerprint density at radius 1 is 0.875 bits per heavy atom. The number of hydrogen-bond donors (Lipinski definition) is 3. The van der Waals surface area contributed by atoms with Gasteiger partial charge in [-0.25, -0.2) is 17.2 Å². The first-order valence-corrected chi connectivity index (χ1v) is 14.7. The zero-order valence-corrected chi connectivity index (χ0v) is 22.4. The summed E-state index contributed by atoms with van der Waals surface area (Å²) in [4.78, 5) is 26.6. The molecular weight excluding hydrogens is 544 g/mol. The molecule has 6 rings (SSSR count). The smallest absolute Gasteiger partial charge is 0.287 e. The van der Waals surface area contributed by atoms with Crippen molar-refractivity contribution in [3.05, 3.63) is 54.3 Å². The number of halogens is 2. The average Bonchev–Trinajstić information content (AvgIpc) is 3.44. The number of alkyl halides is 2. The third-order valence-corrected chi connectivity index (χ3v) is 10.2. The number of carbonyl (C=O) groups is 2. The molecule has 12 heteroatoms. The summed E-state index contributed by atoms with van der Waals surface area (Å²) in [5.41, 5.74) is 5.54. The number of ether oxygens (including phenoxy) is 1. The van der Waals surface area contributed by atoms with E-state index in [1.54, 1.807) is 36.4 Å². The normalized spacial score (nSPS) is 21.4. The van der Waals surface area contributed by atoms with Crippen LogP contribution in [0.1, 0.15) is 49.1 Å². The Labute approximate surface area is 229 Å². The Balaban J connectivity index is 1.22. The lowest BCUT2D eigenvalue weighted by atomic mass is 9.78.